The summed E-state index contributed by atoms with van der Waals surface area (Å²) >= 11 is 0. The van der Waals surface area contributed by atoms with Crippen molar-refractivity contribution in [3.05, 3.63) is 34.9 Å². The molecule has 0 aliphatic rings. The molecule has 0 saturated heterocycles. The first-order chi connectivity index (χ1) is 8.34. The van der Waals surface area contributed by atoms with E-state index in [4.69, 9.17) is 5.73 Å². The molecule has 1 rings (SSSR count). The van der Waals surface area contributed by atoms with Gasteiger partial charge in [-0.25, -0.2) is 0 Å². The van der Waals surface area contributed by atoms with E-state index in [0.717, 1.165) is 0 Å². The maximum absolute atomic E-state index is 11.8. The Morgan fingerprint density at radius 2 is 2.00 bits per heavy atom. The van der Waals surface area contributed by atoms with Gasteiger partial charge in [-0.2, -0.15) is 0 Å². The SMILES string of the molecule is Cc1ccc(CNC(=O)CC(C)(C)CN)c(C)c1. The van der Waals surface area contributed by atoms with Crippen LogP contribution in [0.2, 0.25) is 0 Å². The molecule has 3 nitrogen and oxygen atoms in total. The summed E-state index contributed by atoms with van der Waals surface area (Å²) in [6.07, 6.45) is 0.467. The average Bonchev–Trinajstić information content (AvgIpc) is 2.27. The fraction of sp³-hybridized carbons (Fsp3) is 0.533. The highest BCUT2D eigenvalue weighted by Gasteiger charge is 2.19. The van der Waals surface area contributed by atoms with E-state index in [1.54, 1.807) is 0 Å². The molecule has 0 radical (unpaired) electrons. The van der Waals surface area contributed by atoms with Gasteiger partial charge in [0, 0.05) is 13.0 Å². The van der Waals surface area contributed by atoms with Crippen molar-refractivity contribution in [2.45, 2.75) is 40.7 Å². The molecule has 0 bridgehead atoms. The van der Waals surface area contributed by atoms with Crippen molar-refractivity contribution in [2.24, 2.45) is 11.1 Å². The smallest absolute Gasteiger partial charge is 0.220 e. The second-order valence-corrected chi connectivity index (χ2v) is 5.75. The zero-order chi connectivity index (χ0) is 13.8. The molecule has 0 aromatic heterocycles. The van der Waals surface area contributed by atoms with Crippen LogP contribution in [0.4, 0.5) is 0 Å². The number of nitrogens with one attached hydrogen (secondary N) is 1. The molecule has 0 fully saturated rings. The normalized spacial score (nSPS) is 11.4. The first kappa shape index (κ1) is 14.7. The maximum Gasteiger partial charge on any atom is 0.220 e. The minimum absolute atomic E-state index is 0.0606. The molecular weight excluding hydrogens is 224 g/mol. The topological polar surface area (TPSA) is 55.1 Å². The fourth-order valence-electron chi connectivity index (χ4n) is 1.81. The molecule has 100 valence electrons. The molecule has 0 atom stereocenters. The number of aryl methyl sites for hydroxylation is 2. The van der Waals surface area contributed by atoms with E-state index in [1.165, 1.54) is 16.7 Å². The number of carbonyl (C=O) groups is 1. The summed E-state index contributed by atoms with van der Waals surface area (Å²) in [5.74, 6) is 0.0606. The van der Waals surface area contributed by atoms with Crippen molar-refractivity contribution in [1.29, 1.82) is 0 Å². The molecule has 0 spiro atoms. The van der Waals surface area contributed by atoms with Gasteiger partial charge in [-0.1, -0.05) is 37.6 Å². The third kappa shape index (κ3) is 4.49. The Morgan fingerprint density at radius 1 is 1.33 bits per heavy atom. The van der Waals surface area contributed by atoms with Gasteiger partial charge in [0.1, 0.15) is 0 Å². The number of carbonyl (C=O) groups excluding carboxylic acids is 1. The fourth-order valence-corrected chi connectivity index (χ4v) is 1.81. The number of hydrogen-bond acceptors (Lipinski definition) is 2. The monoisotopic (exact) mass is 248 g/mol. The van der Waals surface area contributed by atoms with Gasteiger partial charge >= 0.3 is 0 Å². The number of hydrogen-bond donors (Lipinski definition) is 2. The van der Waals surface area contributed by atoms with Crippen molar-refractivity contribution in [3.63, 3.8) is 0 Å². The summed E-state index contributed by atoms with van der Waals surface area (Å²) in [7, 11) is 0. The summed E-state index contributed by atoms with van der Waals surface area (Å²) in [6.45, 7) is 9.25. The number of benzene rings is 1. The van der Waals surface area contributed by atoms with Gasteiger partial charge in [-0.15, -0.1) is 0 Å². The second-order valence-electron chi connectivity index (χ2n) is 5.75. The minimum Gasteiger partial charge on any atom is -0.352 e. The van der Waals surface area contributed by atoms with E-state index >= 15 is 0 Å². The van der Waals surface area contributed by atoms with Gasteiger partial charge in [0.15, 0.2) is 0 Å². The van der Waals surface area contributed by atoms with Crippen molar-refractivity contribution in [2.75, 3.05) is 6.54 Å². The lowest BCUT2D eigenvalue weighted by atomic mass is 9.89. The van der Waals surface area contributed by atoms with Crippen LogP contribution in [0.1, 0.15) is 37.0 Å². The van der Waals surface area contributed by atoms with E-state index < -0.39 is 0 Å². The molecule has 0 unspecified atom stereocenters. The molecule has 0 heterocycles. The second kappa shape index (κ2) is 6.01. The Labute approximate surface area is 110 Å². The van der Waals surface area contributed by atoms with Crippen LogP contribution in [-0.4, -0.2) is 12.5 Å². The van der Waals surface area contributed by atoms with Crippen LogP contribution in [-0.2, 0) is 11.3 Å². The standard InChI is InChI=1S/C15H24N2O/c1-11-5-6-13(12(2)7-11)9-17-14(18)8-15(3,4)10-16/h5-7H,8-10,16H2,1-4H3,(H,17,18). The first-order valence-corrected chi connectivity index (χ1v) is 6.37. The average molecular weight is 248 g/mol. The molecule has 3 N–H and O–H groups in total. The molecule has 3 heteroatoms. The van der Waals surface area contributed by atoms with Crippen molar-refractivity contribution >= 4 is 5.91 Å². The molecular formula is C15H24N2O. The van der Waals surface area contributed by atoms with Crippen LogP contribution in [0, 0.1) is 19.3 Å². The molecule has 0 saturated carbocycles. The zero-order valence-electron chi connectivity index (χ0n) is 11.8. The summed E-state index contributed by atoms with van der Waals surface area (Å²) < 4.78 is 0. The van der Waals surface area contributed by atoms with Crippen LogP contribution in [0.25, 0.3) is 0 Å². The summed E-state index contributed by atoms with van der Waals surface area (Å²) in [6, 6.07) is 6.27. The molecule has 1 amide bonds. The summed E-state index contributed by atoms with van der Waals surface area (Å²) in [5, 5.41) is 2.96. The van der Waals surface area contributed by atoms with Gasteiger partial charge in [0.2, 0.25) is 5.91 Å². The van der Waals surface area contributed by atoms with Gasteiger partial charge < -0.3 is 11.1 Å². The van der Waals surface area contributed by atoms with Crippen LogP contribution in [0.3, 0.4) is 0 Å². The lowest BCUT2D eigenvalue weighted by Crippen LogP contribution is -2.32. The first-order valence-electron chi connectivity index (χ1n) is 6.37. The van der Waals surface area contributed by atoms with Crippen LogP contribution < -0.4 is 11.1 Å². The van der Waals surface area contributed by atoms with E-state index in [9.17, 15) is 4.79 Å². The molecule has 1 aromatic rings. The highest BCUT2D eigenvalue weighted by Crippen LogP contribution is 2.18. The molecule has 0 aliphatic heterocycles. The van der Waals surface area contributed by atoms with Crippen molar-refractivity contribution in [1.82, 2.24) is 5.32 Å². The van der Waals surface area contributed by atoms with Gasteiger partial charge in [-0.05, 0) is 36.9 Å². The number of rotatable bonds is 5. The minimum atomic E-state index is -0.133. The Balaban J connectivity index is 2.53. The summed E-state index contributed by atoms with van der Waals surface area (Å²) in [5.41, 5.74) is 9.11. The number of nitrogens with two attached hydrogens (primary N) is 1. The lowest BCUT2D eigenvalue weighted by Gasteiger charge is -2.21. The maximum atomic E-state index is 11.8. The van der Waals surface area contributed by atoms with E-state index in [1.807, 2.05) is 13.8 Å². The highest BCUT2D eigenvalue weighted by atomic mass is 16.1. The Morgan fingerprint density at radius 3 is 2.56 bits per heavy atom. The van der Waals surface area contributed by atoms with Crippen LogP contribution in [0.5, 0.6) is 0 Å². The lowest BCUT2D eigenvalue weighted by molar-refractivity contribution is -0.123. The molecule has 1 aromatic carbocycles. The van der Waals surface area contributed by atoms with Gasteiger partial charge in [0.25, 0.3) is 0 Å². The highest BCUT2D eigenvalue weighted by molar-refractivity contribution is 5.76. The van der Waals surface area contributed by atoms with Crippen LogP contribution >= 0.6 is 0 Å². The third-order valence-electron chi connectivity index (χ3n) is 3.17. The Bertz CT molecular complexity index is 425. The van der Waals surface area contributed by atoms with Crippen molar-refractivity contribution < 1.29 is 4.79 Å². The van der Waals surface area contributed by atoms with Crippen molar-refractivity contribution in [3.8, 4) is 0 Å². The van der Waals surface area contributed by atoms with Crippen LogP contribution in [0.15, 0.2) is 18.2 Å². The van der Waals surface area contributed by atoms with E-state index in [-0.39, 0.29) is 11.3 Å². The largest absolute Gasteiger partial charge is 0.352 e. The molecule has 18 heavy (non-hydrogen) atoms. The van der Waals surface area contributed by atoms with E-state index in [0.29, 0.717) is 19.5 Å². The Hall–Kier alpha value is -1.35. The predicted molar refractivity (Wildman–Crippen MR) is 75.2 cm³/mol. The van der Waals surface area contributed by atoms with Gasteiger partial charge in [-0.3, -0.25) is 4.79 Å². The summed E-state index contributed by atoms with van der Waals surface area (Å²) in [4.78, 5) is 11.8. The quantitative estimate of drug-likeness (QED) is 0.840. The zero-order valence-corrected chi connectivity index (χ0v) is 11.8. The number of amides is 1. The third-order valence-corrected chi connectivity index (χ3v) is 3.17. The van der Waals surface area contributed by atoms with Gasteiger partial charge in [0.05, 0.1) is 0 Å². The predicted octanol–water partition coefficient (Wildman–Crippen LogP) is 2.29. The van der Waals surface area contributed by atoms with E-state index in [2.05, 4.69) is 37.4 Å². The Kier molecular flexibility index (Phi) is 4.91. The molecule has 0 aliphatic carbocycles.